The fourth-order valence-electron chi connectivity index (χ4n) is 2.77. The zero-order valence-corrected chi connectivity index (χ0v) is 15.3. The maximum atomic E-state index is 13.1. The van der Waals surface area contributed by atoms with Crippen molar-refractivity contribution in [2.24, 2.45) is 0 Å². The second-order valence-corrected chi connectivity index (χ2v) is 6.21. The number of ether oxygens (including phenoxy) is 1. The zero-order valence-electron chi connectivity index (χ0n) is 14.5. The highest BCUT2D eigenvalue weighted by atomic mass is 35.5. The van der Waals surface area contributed by atoms with Crippen LogP contribution in [0.4, 0.5) is 4.39 Å². The van der Waals surface area contributed by atoms with Crippen LogP contribution in [-0.2, 0) is 16.1 Å². The first-order chi connectivity index (χ1) is 13.0. The van der Waals surface area contributed by atoms with E-state index >= 15 is 0 Å². The van der Waals surface area contributed by atoms with Gasteiger partial charge in [-0.25, -0.2) is 9.37 Å². The van der Waals surface area contributed by atoms with Crippen molar-refractivity contribution in [1.29, 1.82) is 0 Å². The second-order valence-electron chi connectivity index (χ2n) is 5.85. The quantitative estimate of drug-likeness (QED) is 0.383. The number of carbonyl (C=O) groups is 2. The Balaban J connectivity index is 1.97. The summed E-state index contributed by atoms with van der Waals surface area (Å²) in [5.74, 6) is -0.959. The summed E-state index contributed by atoms with van der Waals surface area (Å²) < 4.78 is 19.6. The number of rotatable bonds is 7. The van der Waals surface area contributed by atoms with Crippen molar-refractivity contribution < 1.29 is 18.7 Å². The van der Waals surface area contributed by atoms with Crippen LogP contribution in [0.2, 0.25) is 5.15 Å². The van der Waals surface area contributed by atoms with E-state index in [1.54, 1.807) is 23.9 Å². The Labute approximate surface area is 159 Å². The minimum atomic E-state index is -0.422. The van der Waals surface area contributed by atoms with Crippen LogP contribution < -0.4 is 5.32 Å². The number of fused-ring (bicyclic) bond motifs is 1. The second kappa shape index (κ2) is 8.28. The Morgan fingerprint density at radius 3 is 2.70 bits per heavy atom. The molecule has 3 aromatic rings. The highest BCUT2D eigenvalue weighted by Gasteiger charge is 2.20. The molecule has 0 aliphatic carbocycles. The molecule has 140 valence electrons. The number of halogens is 2. The molecule has 1 N–H and O–H groups in total. The van der Waals surface area contributed by atoms with Crippen LogP contribution in [-0.4, -0.2) is 41.5 Å². The van der Waals surface area contributed by atoms with Gasteiger partial charge in [-0.3, -0.25) is 9.59 Å². The summed E-state index contributed by atoms with van der Waals surface area (Å²) in [6.07, 6.45) is 3.06. The van der Waals surface area contributed by atoms with Gasteiger partial charge in [0.15, 0.2) is 10.9 Å². The third kappa shape index (κ3) is 4.15. The molecule has 3 rings (SSSR count). The molecule has 0 fully saturated rings. The lowest BCUT2D eigenvalue weighted by molar-refractivity contribution is -0.121. The van der Waals surface area contributed by atoms with Crippen LogP contribution in [0.15, 0.2) is 42.7 Å². The molecule has 27 heavy (non-hydrogen) atoms. The molecule has 0 saturated heterocycles. The van der Waals surface area contributed by atoms with E-state index in [1.807, 2.05) is 0 Å². The number of hydrogen-bond donors (Lipinski definition) is 1. The van der Waals surface area contributed by atoms with E-state index in [1.165, 1.54) is 30.5 Å². The van der Waals surface area contributed by atoms with Gasteiger partial charge in [0.1, 0.15) is 12.4 Å². The Kier molecular flexibility index (Phi) is 5.83. The number of carbonyl (C=O) groups excluding carboxylic acids is 2. The summed E-state index contributed by atoms with van der Waals surface area (Å²) in [7, 11) is 1.55. The molecule has 0 spiro atoms. The number of amides is 1. The van der Waals surface area contributed by atoms with Crippen molar-refractivity contribution >= 4 is 34.2 Å². The highest BCUT2D eigenvalue weighted by molar-refractivity contribution is 6.34. The molecule has 0 saturated carbocycles. The van der Waals surface area contributed by atoms with Crippen molar-refractivity contribution in [3.8, 4) is 0 Å². The van der Waals surface area contributed by atoms with E-state index in [9.17, 15) is 14.0 Å². The predicted molar refractivity (Wildman–Crippen MR) is 99.5 cm³/mol. The number of methoxy groups -OCH3 is 1. The molecule has 6 nitrogen and oxygen atoms in total. The van der Waals surface area contributed by atoms with E-state index in [0.29, 0.717) is 35.2 Å². The molecule has 0 unspecified atom stereocenters. The first-order valence-electron chi connectivity index (χ1n) is 8.20. The zero-order chi connectivity index (χ0) is 19.4. The Morgan fingerprint density at radius 2 is 2.00 bits per heavy atom. The van der Waals surface area contributed by atoms with E-state index in [-0.39, 0.29) is 23.4 Å². The van der Waals surface area contributed by atoms with Crippen molar-refractivity contribution in [2.75, 3.05) is 20.3 Å². The first kappa shape index (κ1) is 19.0. The smallest absolute Gasteiger partial charge is 0.240 e. The average molecular weight is 390 g/mol. The Hall–Kier alpha value is -2.77. The van der Waals surface area contributed by atoms with Gasteiger partial charge >= 0.3 is 0 Å². The first-order valence-corrected chi connectivity index (χ1v) is 8.58. The molecular formula is C19H17ClFN3O3. The van der Waals surface area contributed by atoms with Gasteiger partial charge in [0.25, 0.3) is 0 Å². The van der Waals surface area contributed by atoms with Crippen LogP contribution in [0.25, 0.3) is 10.9 Å². The summed E-state index contributed by atoms with van der Waals surface area (Å²) in [6, 6.07) is 6.95. The van der Waals surface area contributed by atoms with Crippen LogP contribution in [0.3, 0.4) is 0 Å². The summed E-state index contributed by atoms with van der Waals surface area (Å²) in [5, 5.41) is 3.49. The lowest BCUT2D eigenvalue weighted by atomic mass is 10.0. The van der Waals surface area contributed by atoms with Crippen LogP contribution in [0.5, 0.6) is 0 Å². The van der Waals surface area contributed by atoms with Crippen molar-refractivity contribution in [1.82, 2.24) is 14.9 Å². The number of nitrogens with one attached hydrogen (secondary N) is 1. The average Bonchev–Trinajstić information content (AvgIpc) is 3.01. The SMILES string of the molecule is COCCNC(=O)Cn1cc(C(=O)c2ccc(F)cc2)c2ccnc(Cl)c21. The standard InChI is InChI=1S/C19H17ClFN3O3/c1-27-9-8-22-16(25)11-24-10-15(14-6-7-23-19(20)17(14)24)18(26)12-2-4-13(21)5-3-12/h2-7,10H,8-9,11H2,1H3,(H,22,25). The molecule has 2 heterocycles. The number of hydrogen-bond acceptors (Lipinski definition) is 4. The summed E-state index contributed by atoms with van der Waals surface area (Å²) in [5.41, 5.74) is 1.20. The summed E-state index contributed by atoms with van der Waals surface area (Å²) in [6.45, 7) is 0.749. The van der Waals surface area contributed by atoms with Crippen LogP contribution in [0.1, 0.15) is 15.9 Å². The summed E-state index contributed by atoms with van der Waals surface area (Å²) >= 11 is 6.21. The maximum Gasteiger partial charge on any atom is 0.240 e. The number of aromatic nitrogens is 2. The van der Waals surface area contributed by atoms with E-state index < -0.39 is 5.82 Å². The van der Waals surface area contributed by atoms with Crippen LogP contribution in [0, 0.1) is 5.82 Å². The monoisotopic (exact) mass is 389 g/mol. The van der Waals surface area contributed by atoms with Crippen molar-refractivity contribution in [3.63, 3.8) is 0 Å². The molecule has 0 atom stereocenters. The molecule has 1 amide bonds. The number of nitrogens with zero attached hydrogens (tertiary/aromatic N) is 2. The fraction of sp³-hybridized carbons (Fsp3) is 0.211. The number of pyridine rings is 1. The topological polar surface area (TPSA) is 73.2 Å². The molecule has 0 radical (unpaired) electrons. The third-order valence-electron chi connectivity index (χ3n) is 4.04. The minimum Gasteiger partial charge on any atom is -0.383 e. The van der Waals surface area contributed by atoms with Crippen molar-refractivity contribution in [2.45, 2.75) is 6.54 Å². The normalized spacial score (nSPS) is 10.9. The third-order valence-corrected chi connectivity index (χ3v) is 4.31. The Morgan fingerprint density at radius 1 is 1.26 bits per heavy atom. The van der Waals surface area contributed by atoms with Gasteiger partial charge in [-0.2, -0.15) is 0 Å². The van der Waals surface area contributed by atoms with Gasteiger partial charge in [-0.1, -0.05) is 11.6 Å². The molecule has 0 bridgehead atoms. The van der Waals surface area contributed by atoms with Gasteiger partial charge in [0.2, 0.25) is 5.91 Å². The number of benzene rings is 1. The molecule has 0 aliphatic heterocycles. The van der Waals surface area contributed by atoms with Gasteiger partial charge in [-0.05, 0) is 30.3 Å². The van der Waals surface area contributed by atoms with E-state index in [2.05, 4.69) is 10.3 Å². The van der Waals surface area contributed by atoms with Crippen LogP contribution >= 0.6 is 11.6 Å². The highest BCUT2D eigenvalue weighted by Crippen LogP contribution is 2.28. The van der Waals surface area contributed by atoms with Gasteiger partial charge in [0.05, 0.1) is 12.1 Å². The van der Waals surface area contributed by atoms with Gasteiger partial charge in [-0.15, -0.1) is 0 Å². The molecule has 1 aromatic carbocycles. The molecule has 2 aromatic heterocycles. The molecule has 0 aliphatic rings. The molecular weight excluding hydrogens is 373 g/mol. The lowest BCUT2D eigenvalue weighted by Gasteiger charge is -2.07. The van der Waals surface area contributed by atoms with E-state index in [4.69, 9.17) is 16.3 Å². The summed E-state index contributed by atoms with van der Waals surface area (Å²) in [4.78, 5) is 29.1. The predicted octanol–water partition coefficient (Wildman–Crippen LogP) is 2.82. The fourth-order valence-corrected chi connectivity index (χ4v) is 3.04. The number of ketones is 1. The van der Waals surface area contributed by atoms with Gasteiger partial charge in [0, 0.05) is 42.6 Å². The lowest BCUT2D eigenvalue weighted by Crippen LogP contribution is -2.30. The van der Waals surface area contributed by atoms with E-state index in [0.717, 1.165) is 0 Å². The largest absolute Gasteiger partial charge is 0.383 e. The van der Waals surface area contributed by atoms with Gasteiger partial charge < -0.3 is 14.6 Å². The van der Waals surface area contributed by atoms with Crippen molar-refractivity contribution in [3.05, 3.63) is 64.8 Å². The maximum absolute atomic E-state index is 13.1. The Bertz CT molecular complexity index is 986. The minimum absolute atomic E-state index is 0.0255. The molecule has 8 heteroatoms.